The summed E-state index contributed by atoms with van der Waals surface area (Å²) in [6.07, 6.45) is 7.42. The van der Waals surface area contributed by atoms with E-state index in [1.54, 1.807) is 6.26 Å². The van der Waals surface area contributed by atoms with Crippen molar-refractivity contribution in [3.63, 3.8) is 0 Å². The molecule has 0 bridgehead atoms. The van der Waals surface area contributed by atoms with Crippen molar-refractivity contribution in [1.29, 1.82) is 0 Å². The van der Waals surface area contributed by atoms with Gasteiger partial charge in [-0.3, -0.25) is 11.3 Å². The lowest BCUT2D eigenvalue weighted by molar-refractivity contribution is 0.416. The predicted octanol–water partition coefficient (Wildman–Crippen LogP) is 3.86. The number of rotatable bonds is 5. The van der Waals surface area contributed by atoms with Crippen LogP contribution in [0.3, 0.4) is 0 Å². The van der Waals surface area contributed by atoms with Gasteiger partial charge >= 0.3 is 0 Å². The molecule has 0 aliphatic heterocycles. The van der Waals surface area contributed by atoms with Gasteiger partial charge in [0.25, 0.3) is 0 Å². The van der Waals surface area contributed by atoms with Crippen LogP contribution in [-0.2, 0) is 12.8 Å². The molecule has 0 amide bonds. The van der Waals surface area contributed by atoms with E-state index in [1.807, 2.05) is 0 Å². The van der Waals surface area contributed by atoms with Gasteiger partial charge in [0.1, 0.15) is 5.76 Å². The van der Waals surface area contributed by atoms with Crippen molar-refractivity contribution in [1.82, 2.24) is 5.43 Å². The summed E-state index contributed by atoms with van der Waals surface area (Å²) >= 11 is 0. The fourth-order valence-electron chi connectivity index (χ4n) is 3.62. The normalized spacial score (nSPS) is 19.2. The molecule has 1 aliphatic rings. The van der Waals surface area contributed by atoms with Crippen LogP contribution < -0.4 is 11.3 Å². The van der Waals surface area contributed by atoms with E-state index in [4.69, 9.17) is 10.3 Å². The van der Waals surface area contributed by atoms with Gasteiger partial charge in [-0.1, -0.05) is 31.2 Å². The van der Waals surface area contributed by atoms with Crippen molar-refractivity contribution in [3.8, 4) is 0 Å². The van der Waals surface area contributed by atoms with Crippen LogP contribution in [0.15, 0.2) is 41.0 Å². The quantitative estimate of drug-likeness (QED) is 0.647. The molecule has 21 heavy (non-hydrogen) atoms. The molecule has 3 heteroatoms. The summed E-state index contributed by atoms with van der Waals surface area (Å²) in [6.45, 7) is 2.12. The van der Waals surface area contributed by atoms with E-state index < -0.39 is 0 Å². The van der Waals surface area contributed by atoms with Crippen molar-refractivity contribution in [2.75, 3.05) is 0 Å². The third-order valence-corrected chi connectivity index (χ3v) is 4.69. The summed E-state index contributed by atoms with van der Waals surface area (Å²) in [6, 6.07) is 11.1. The number of nitrogens with one attached hydrogen (secondary N) is 1. The van der Waals surface area contributed by atoms with Crippen molar-refractivity contribution in [3.05, 3.63) is 59.0 Å². The van der Waals surface area contributed by atoms with Crippen LogP contribution >= 0.6 is 0 Å². The molecule has 0 saturated heterocycles. The number of aryl methyl sites for hydroxylation is 2. The number of benzene rings is 1. The summed E-state index contributed by atoms with van der Waals surface area (Å²) in [5.74, 6) is 7.46. The molecule has 3 rings (SSSR count). The van der Waals surface area contributed by atoms with Gasteiger partial charge in [-0.15, -0.1) is 0 Å². The monoisotopic (exact) mass is 284 g/mol. The third-order valence-electron chi connectivity index (χ3n) is 4.69. The zero-order valence-electron chi connectivity index (χ0n) is 12.6. The first-order valence-corrected chi connectivity index (χ1v) is 7.93. The first-order valence-electron chi connectivity index (χ1n) is 7.93. The molecule has 3 nitrogen and oxygen atoms in total. The third kappa shape index (κ3) is 2.89. The second kappa shape index (κ2) is 6.46. The minimum atomic E-state index is 0.162. The Balaban J connectivity index is 1.82. The van der Waals surface area contributed by atoms with E-state index in [2.05, 4.69) is 42.7 Å². The minimum absolute atomic E-state index is 0.162. The first kappa shape index (κ1) is 14.4. The van der Waals surface area contributed by atoms with Crippen LogP contribution in [0, 0.1) is 0 Å². The van der Waals surface area contributed by atoms with Crippen LogP contribution in [0.4, 0.5) is 0 Å². The van der Waals surface area contributed by atoms with Crippen molar-refractivity contribution >= 4 is 0 Å². The largest absolute Gasteiger partial charge is 0.469 e. The summed E-state index contributed by atoms with van der Waals surface area (Å²) in [4.78, 5) is 0. The van der Waals surface area contributed by atoms with E-state index in [9.17, 15) is 0 Å². The van der Waals surface area contributed by atoms with Gasteiger partial charge in [0.2, 0.25) is 0 Å². The van der Waals surface area contributed by atoms with Gasteiger partial charge in [-0.25, -0.2) is 0 Å². The van der Waals surface area contributed by atoms with Gasteiger partial charge in [0.05, 0.1) is 6.26 Å². The second-order valence-electron chi connectivity index (χ2n) is 5.90. The van der Waals surface area contributed by atoms with E-state index in [0.29, 0.717) is 5.92 Å². The fourth-order valence-corrected chi connectivity index (χ4v) is 3.62. The summed E-state index contributed by atoms with van der Waals surface area (Å²) < 4.78 is 5.56. The van der Waals surface area contributed by atoms with Crippen LogP contribution in [0.1, 0.15) is 60.6 Å². The SMILES string of the molecule is CCc1occc1C(CC1CCCc2ccccc21)NN. The van der Waals surface area contributed by atoms with E-state index >= 15 is 0 Å². The Morgan fingerprint density at radius 3 is 3.00 bits per heavy atom. The molecule has 1 aliphatic carbocycles. The molecule has 1 heterocycles. The van der Waals surface area contributed by atoms with Crippen LogP contribution in [0.25, 0.3) is 0 Å². The lowest BCUT2D eigenvalue weighted by Crippen LogP contribution is -2.30. The number of furan rings is 1. The Labute approximate surface area is 126 Å². The van der Waals surface area contributed by atoms with Crippen LogP contribution in [0.2, 0.25) is 0 Å². The summed E-state index contributed by atoms with van der Waals surface area (Å²) in [7, 11) is 0. The predicted molar refractivity (Wildman–Crippen MR) is 84.9 cm³/mol. The zero-order valence-corrected chi connectivity index (χ0v) is 12.6. The Morgan fingerprint density at radius 2 is 2.19 bits per heavy atom. The van der Waals surface area contributed by atoms with Gasteiger partial charge in [-0.05, 0) is 48.8 Å². The Morgan fingerprint density at radius 1 is 1.33 bits per heavy atom. The molecule has 1 aromatic carbocycles. The maximum absolute atomic E-state index is 5.83. The molecule has 1 aromatic heterocycles. The Kier molecular flexibility index (Phi) is 4.42. The van der Waals surface area contributed by atoms with Crippen molar-refractivity contribution in [2.24, 2.45) is 5.84 Å². The van der Waals surface area contributed by atoms with Crippen LogP contribution in [-0.4, -0.2) is 0 Å². The van der Waals surface area contributed by atoms with Crippen molar-refractivity contribution in [2.45, 2.75) is 51.0 Å². The second-order valence-corrected chi connectivity index (χ2v) is 5.90. The number of fused-ring (bicyclic) bond motifs is 1. The lowest BCUT2D eigenvalue weighted by atomic mass is 9.79. The molecule has 2 aromatic rings. The number of nitrogens with two attached hydrogens (primary N) is 1. The van der Waals surface area contributed by atoms with Gasteiger partial charge in [-0.2, -0.15) is 0 Å². The highest BCUT2D eigenvalue weighted by Gasteiger charge is 2.25. The van der Waals surface area contributed by atoms with E-state index in [-0.39, 0.29) is 6.04 Å². The Hall–Kier alpha value is -1.58. The lowest BCUT2D eigenvalue weighted by Gasteiger charge is -2.28. The standard InChI is InChI=1S/C18H24N2O/c1-2-18-16(10-11-21-18)17(20-19)12-14-8-5-7-13-6-3-4-9-15(13)14/h3-4,6,9-11,14,17,20H,2,5,7-8,12,19H2,1H3. The number of hydrogen-bond acceptors (Lipinski definition) is 3. The number of hydrazine groups is 1. The highest BCUT2D eigenvalue weighted by atomic mass is 16.3. The summed E-state index contributed by atoms with van der Waals surface area (Å²) in [5, 5.41) is 0. The average Bonchev–Trinajstić information content (AvgIpc) is 3.01. The van der Waals surface area contributed by atoms with E-state index in [0.717, 1.165) is 18.6 Å². The molecule has 0 spiro atoms. The molecule has 0 saturated carbocycles. The molecular formula is C18H24N2O. The zero-order chi connectivity index (χ0) is 14.7. The molecule has 3 N–H and O–H groups in total. The maximum Gasteiger partial charge on any atom is 0.108 e. The Bertz CT molecular complexity index is 590. The highest BCUT2D eigenvalue weighted by Crippen LogP contribution is 2.38. The molecule has 2 unspecified atom stereocenters. The average molecular weight is 284 g/mol. The minimum Gasteiger partial charge on any atom is -0.469 e. The highest BCUT2D eigenvalue weighted by molar-refractivity contribution is 5.33. The van der Waals surface area contributed by atoms with Crippen LogP contribution in [0.5, 0.6) is 0 Å². The molecule has 0 fully saturated rings. The smallest absolute Gasteiger partial charge is 0.108 e. The van der Waals surface area contributed by atoms with Gasteiger partial charge in [0.15, 0.2) is 0 Å². The first-order chi connectivity index (χ1) is 10.3. The number of hydrogen-bond donors (Lipinski definition) is 2. The molecular weight excluding hydrogens is 260 g/mol. The van der Waals surface area contributed by atoms with E-state index in [1.165, 1.54) is 36.0 Å². The summed E-state index contributed by atoms with van der Waals surface area (Å²) in [5.41, 5.74) is 7.22. The van der Waals surface area contributed by atoms with Gasteiger partial charge < -0.3 is 4.42 Å². The fraction of sp³-hybridized carbons (Fsp3) is 0.444. The molecule has 2 atom stereocenters. The van der Waals surface area contributed by atoms with Gasteiger partial charge in [0, 0.05) is 18.0 Å². The molecule has 0 radical (unpaired) electrons. The maximum atomic E-state index is 5.83. The van der Waals surface area contributed by atoms with Crippen molar-refractivity contribution < 1.29 is 4.42 Å². The molecule has 112 valence electrons. The topological polar surface area (TPSA) is 51.2 Å².